The number of nitrogens with one attached hydrogen (secondary N) is 2. The van der Waals surface area contributed by atoms with Gasteiger partial charge in [-0.3, -0.25) is 9.59 Å². The van der Waals surface area contributed by atoms with E-state index in [1.165, 1.54) is 11.8 Å². The van der Waals surface area contributed by atoms with Gasteiger partial charge < -0.3 is 20.5 Å². The van der Waals surface area contributed by atoms with Crippen molar-refractivity contribution >= 4 is 35.2 Å². The Hall–Kier alpha value is -3.78. The first-order valence-electron chi connectivity index (χ1n) is 12.3. The average Bonchev–Trinajstić information content (AvgIpc) is 2.84. The molecule has 0 aromatic heterocycles. The van der Waals surface area contributed by atoms with E-state index >= 15 is 0 Å². The van der Waals surface area contributed by atoms with Crippen molar-refractivity contribution in [1.29, 1.82) is 0 Å². The molecule has 0 bridgehead atoms. The number of hydrogen-bond acceptors (Lipinski definition) is 5. The molecule has 3 aromatic carbocycles. The summed E-state index contributed by atoms with van der Waals surface area (Å²) in [4.78, 5) is 37.1. The van der Waals surface area contributed by atoms with E-state index in [2.05, 4.69) is 10.6 Å². The lowest BCUT2D eigenvalue weighted by atomic mass is 10.1. The first kappa shape index (κ1) is 28.8. The van der Waals surface area contributed by atoms with Crippen molar-refractivity contribution in [3.63, 3.8) is 0 Å². The molecule has 3 N–H and O–H groups in total. The Bertz CT molecular complexity index is 1240. The molecule has 200 valence electrons. The minimum atomic E-state index is -1.31. The van der Waals surface area contributed by atoms with Crippen LogP contribution in [0.2, 0.25) is 0 Å². The van der Waals surface area contributed by atoms with Crippen molar-refractivity contribution in [2.24, 2.45) is 0 Å². The highest BCUT2D eigenvalue weighted by molar-refractivity contribution is 7.98. The summed E-state index contributed by atoms with van der Waals surface area (Å²) in [5.41, 5.74) is 3.49. The van der Waals surface area contributed by atoms with Gasteiger partial charge in [0, 0.05) is 17.2 Å². The molecular weight excluding hydrogens is 500 g/mol. The topological polar surface area (TPSA) is 105 Å². The molecule has 38 heavy (non-hydrogen) atoms. The van der Waals surface area contributed by atoms with E-state index < -0.39 is 23.5 Å². The molecule has 8 heteroatoms. The maximum Gasteiger partial charge on any atom is 0.327 e. The number of amides is 2. The van der Waals surface area contributed by atoms with E-state index in [4.69, 9.17) is 4.74 Å². The van der Waals surface area contributed by atoms with Crippen LogP contribution in [0.3, 0.4) is 0 Å². The number of aliphatic carboxylic acids is 1. The number of carbonyl (C=O) groups excluding carboxylic acids is 2. The number of ether oxygens (including phenoxy) is 1. The van der Waals surface area contributed by atoms with Gasteiger partial charge in [-0.05, 0) is 74.2 Å². The lowest BCUT2D eigenvalue weighted by Crippen LogP contribution is -2.53. The Balaban J connectivity index is 1.52. The van der Waals surface area contributed by atoms with E-state index in [0.717, 1.165) is 27.9 Å². The third-order valence-corrected chi connectivity index (χ3v) is 6.82. The van der Waals surface area contributed by atoms with E-state index in [-0.39, 0.29) is 18.1 Å². The van der Waals surface area contributed by atoms with Gasteiger partial charge in [-0.1, -0.05) is 48.5 Å². The maximum atomic E-state index is 12.9. The SMILES string of the molecule is Cc1cc(C)cc(NC(=O)Cc2ccc(OC(C)(C)C(=O)NC(CSCc3ccccc3)C(=O)O)cc2)c1. The number of carbonyl (C=O) groups is 3. The Labute approximate surface area is 228 Å². The zero-order chi connectivity index (χ0) is 27.7. The first-order valence-corrected chi connectivity index (χ1v) is 13.5. The van der Waals surface area contributed by atoms with Crippen molar-refractivity contribution in [3.8, 4) is 5.75 Å². The molecule has 3 aromatic rings. The minimum Gasteiger partial charge on any atom is -0.480 e. The maximum absolute atomic E-state index is 12.9. The normalized spacial score (nSPS) is 11.9. The predicted octanol–water partition coefficient (Wildman–Crippen LogP) is 5.14. The van der Waals surface area contributed by atoms with Crippen LogP contribution in [0.15, 0.2) is 72.8 Å². The van der Waals surface area contributed by atoms with E-state index in [9.17, 15) is 19.5 Å². The second kappa shape index (κ2) is 13.1. The molecule has 0 radical (unpaired) electrons. The zero-order valence-electron chi connectivity index (χ0n) is 22.1. The number of hydrogen-bond donors (Lipinski definition) is 3. The lowest BCUT2D eigenvalue weighted by Gasteiger charge is -2.27. The summed E-state index contributed by atoms with van der Waals surface area (Å²) in [6.45, 7) is 7.14. The summed E-state index contributed by atoms with van der Waals surface area (Å²) in [5.74, 6) is -0.442. The van der Waals surface area contributed by atoms with Gasteiger partial charge in [-0.2, -0.15) is 11.8 Å². The van der Waals surface area contributed by atoms with Crippen molar-refractivity contribution in [3.05, 3.63) is 95.1 Å². The number of benzene rings is 3. The van der Waals surface area contributed by atoms with Crippen molar-refractivity contribution in [2.75, 3.05) is 11.1 Å². The average molecular weight is 535 g/mol. The summed E-state index contributed by atoms with van der Waals surface area (Å²) in [6.07, 6.45) is 0.193. The monoisotopic (exact) mass is 534 g/mol. The Morgan fingerprint density at radius 1 is 0.921 bits per heavy atom. The van der Waals surface area contributed by atoms with Crippen molar-refractivity contribution in [2.45, 2.75) is 51.5 Å². The number of aryl methyl sites for hydroxylation is 2. The molecule has 1 atom stereocenters. The molecular formula is C30H34N2O5S. The van der Waals surface area contributed by atoms with Crippen molar-refractivity contribution < 1.29 is 24.2 Å². The Morgan fingerprint density at radius 3 is 2.16 bits per heavy atom. The summed E-state index contributed by atoms with van der Waals surface area (Å²) in [7, 11) is 0. The second-order valence-corrected chi connectivity index (χ2v) is 10.8. The zero-order valence-corrected chi connectivity index (χ0v) is 22.9. The first-order chi connectivity index (χ1) is 18.0. The highest BCUT2D eigenvalue weighted by Crippen LogP contribution is 2.21. The fourth-order valence-corrected chi connectivity index (χ4v) is 4.84. The van der Waals surface area contributed by atoms with Gasteiger partial charge in [0.2, 0.25) is 5.91 Å². The second-order valence-electron chi connectivity index (χ2n) is 9.72. The van der Waals surface area contributed by atoms with E-state index in [0.29, 0.717) is 11.5 Å². The van der Waals surface area contributed by atoms with Gasteiger partial charge in [0.1, 0.15) is 11.8 Å². The number of anilines is 1. The molecule has 1 unspecified atom stereocenters. The molecule has 0 heterocycles. The Morgan fingerprint density at radius 2 is 1.55 bits per heavy atom. The molecule has 0 saturated heterocycles. The number of carboxylic acid groups (broad SMARTS) is 1. The minimum absolute atomic E-state index is 0.131. The molecule has 0 aliphatic carbocycles. The van der Waals surface area contributed by atoms with Crippen LogP contribution >= 0.6 is 11.8 Å². The summed E-state index contributed by atoms with van der Waals surface area (Å²) >= 11 is 1.44. The van der Waals surface area contributed by atoms with Gasteiger partial charge in [-0.15, -0.1) is 0 Å². The van der Waals surface area contributed by atoms with Gasteiger partial charge in [0.15, 0.2) is 5.60 Å². The van der Waals surface area contributed by atoms with E-state index in [1.807, 2.05) is 62.4 Å². The molecule has 0 saturated carbocycles. The fourth-order valence-electron chi connectivity index (χ4n) is 3.83. The third-order valence-electron chi connectivity index (χ3n) is 5.71. The molecule has 0 fully saturated rings. The van der Waals surface area contributed by atoms with Gasteiger partial charge in [0.05, 0.1) is 6.42 Å². The molecule has 0 spiro atoms. The largest absolute Gasteiger partial charge is 0.480 e. The predicted molar refractivity (Wildman–Crippen MR) is 152 cm³/mol. The van der Waals surface area contributed by atoms with Gasteiger partial charge >= 0.3 is 5.97 Å². The summed E-state index contributed by atoms with van der Waals surface area (Å²) in [6, 6.07) is 21.5. The third kappa shape index (κ3) is 8.95. The van der Waals surface area contributed by atoms with Crippen LogP contribution in [0.1, 0.15) is 36.1 Å². The van der Waals surface area contributed by atoms with Crippen LogP contribution in [0.4, 0.5) is 5.69 Å². The highest BCUT2D eigenvalue weighted by Gasteiger charge is 2.33. The quantitative estimate of drug-likeness (QED) is 0.297. The number of rotatable bonds is 12. The van der Waals surface area contributed by atoms with Crippen LogP contribution in [0.25, 0.3) is 0 Å². The summed E-state index contributed by atoms with van der Waals surface area (Å²) in [5, 5.41) is 15.1. The fraction of sp³-hybridized carbons (Fsp3) is 0.300. The van der Waals surface area contributed by atoms with Gasteiger partial charge in [0.25, 0.3) is 5.91 Å². The van der Waals surface area contributed by atoms with Crippen LogP contribution < -0.4 is 15.4 Å². The molecule has 7 nitrogen and oxygen atoms in total. The lowest BCUT2D eigenvalue weighted by molar-refractivity contribution is -0.144. The van der Waals surface area contributed by atoms with Crippen LogP contribution in [0.5, 0.6) is 5.75 Å². The standard InChI is InChI=1S/C30H34N2O5S/c1-20-14-21(2)16-24(15-20)31-27(33)17-22-10-12-25(13-11-22)37-30(3,4)29(36)32-26(28(34)35)19-38-18-23-8-6-5-7-9-23/h5-16,26H,17-19H2,1-4H3,(H,31,33)(H,32,36)(H,34,35). The molecule has 2 amide bonds. The highest BCUT2D eigenvalue weighted by atomic mass is 32.2. The van der Waals surface area contributed by atoms with Crippen LogP contribution in [0, 0.1) is 13.8 Å². The number of thioether (sulfide) groups is 1. The smallest absolute Gasteiger partial charge is 0.327 e. The summed E-state index contributed by atoms with van der Waals surface area (Å²) < 4.78 is 5.89. The van der Waals surface area contributed by atoms with Gasteiger partial charge in [-0.25, -0.2) is 4.79 Å². The van der Waals surface area contributed by atoms with Crippen LogP contribution in [-0.4, -0.2) is 40.3 Å². The molecule has 3 rings (SSSR count). The van der Waals surface area contributed by atoms with Crippen molar-refractivity contribution in [1.82, 2.24) is 5.32 Å². The molecule has 0 aliphatic heterocycles. The van der Waals surface area contributed by atoms with Crippen LogP contribution in [-0.2, 0) is 26.6 Å². The molecule has 0 aliphatic rings. The number of carboxylic acids is 1. The van der Waals surface area contributed by atoms with E-state index in [1.54, 1.807) is 38.1 Å². The Kier molecular flexibility index (Phi) is 9.96.